The molecule has 0 fully saturated rings. The predicted molar refractivity (Wildman–Crippen MR) is 84.0 cm³/mol. The number of carbonyl (C=O) groups is 1. The van der Waals surface area contributed by atoms with Gasteiger partial charge in [-0.1, -0.05) is 6.07 Å². The van der Waals surface area contributed by atoms with Gasteiger partial charge in [0.05, 0.1) is 12.7 Å². The maximum atomic E-state index is 13.6. The molecule has 0 spiro atoms. The van der Waals surface area contributed by atoms with Gasteiger partial charge in [0, 0.05) is 17.2 Å². The fourth-order valence-corrected chi connectivity index (χ4v) is 2.49. The lowest BCUT2D eigenvalue weighted by Gasteiger charge is -2.18. The van der Waals surface area contributed by atoms with Crippen LogP contribution < -0.4 is 10.2 Å². The first kappa shape index (κ1) is 17.7. The Bertz CT molecular complexity index is 894. The smallest absolute Gasteiger partial charge is 0.417 e. The molecule has 9 heteroatoms. The Morgan fingerprint density at radius 1 is 1.15 bits per heavy atom. The van der Waals surface area contributed by atoms with Crippen molar-refractivity contribution in [1.29, 1.82) is 0 Å². The van der Waals surface area contributed by atoms with Crippen LogP contribution in [0.25, 0.3) is 11.1 Å². The third kappa shape index (κ3) is 3.46. The first-order chi connectivity index (χ1) is 12.3. The topological polar surface area (TPSA) is 59.9 Å². The van der Waals surface area contributed by atoms with Crippen molar-refractivity contribution >= 4 is 11.8 Å². The van der Waals surface area contributed by atoms with Gasteiger partial charge in [-0.15, -0.1) is 5.10 Å². The molecule has 2 aromatic rings. The van der Waals surface area contributed by atoms with Crippen molar-refractivity contribution in [2.75, 3.05) is 13.7 Å². The number of carbonyl (C=O) groups excluding carboxylic acids is 1. The predicted octanol–water partition coefficient (Wildman–Crippen LogP) is 3.33. The molecule has 0 unspecified atom stereocenters. The summed E-state index contributed by atoms with van der Waals surface area (Å²) in [6, 6.07) is 6.71. The van der Waals surface area contributed by atoms with Crippen LogP contribution in [-0.4, -0.2) is 25.5 Å². The van der Waals surface area contributed by atoms with Crippen LogP contribution in [0.5, 0.6) is 5.75 Å². The molecule has 1 aliphatic rings. The van der Waals surface area contributed by atoms with Crippen LogP contribution in [0.15, 0.2) is 41.5 Å². The molecule has 0 atom stereocenters. The van der Waals surface area contributed by atoms with E-state index in [2.05, 4.69) is 10.5 Å². The lowest BCUT2D eigenvalue weighted by atomic mass is 9.96. The average Bonchev–Trinajstić information content (AvgIpc) is 2.61. The molecule has 1 heterocycles. The number of alkyl halides is 3. The summed E-state index contributed by atoms with van der Waals surface area (Å²) < 4.78 is 64.2. The third-order valence-corrected chi connectivity index (χ3v) is 3.65. The molecule has 0 aliphatic carbocycles. The molecular weight excluding hydrogens is 356 g/mol. The number of amides is 1. The summed E-state index contributed by atoms with van der Waals surface area (Å²) in [7, 11) is 1.24. The van der Waals surface area contributed by atoms with E-state index in [9.17, 15) is 22.4 Å². The van der Waals surface area contributed by atoms with Gasteiger partial charge in [0.2, 0.25) is 5.90 Å². The Balaban J connectivity index is 2.14. The Kier molecular flexibility index (Phi) is 4.54. The summed E-state index contributed by atoms with van der Waals surface area (Å²) in [5.74, 6) is -1.29. The number of hydrogen-bond donors (Lipinski definition) is 1. The van der Waals surface area contributed by atoms with Crippen molar-refractivity contribution in [1.82, 2.24) is 5.43 Å². The van der Waals surface area contributed by atoms with E-state index in [4.69, 9.17) is 9.47 Å². The van der Waals surface area contributed by atoms with E-state index < -0.39 is 23.5 Å². The van der Waals surface area contributed by atoms with Gasteiger partial charge in [0.25, 0.3) is 5.91 Å². The number of rotatable bonds is 3. The van der Waals surface area contributed by atoms with Crippen LogP contribution in [-0.2, 0) is 15.7 Å². The van der Waals surface area contributed by atoms with Gasteiger partial charge in [0.15, 0.2) is 6.61 Å². The normalized spacial score (nSPS) is 14.3. The molecule has 1 aliphatic heterocycles. The van der Waals surface area contributed by atoms with Crippen molar-refractivity contribution < 1.29 is 31.8 Å². The number of hydrazone groups is 1. The zero-order valence-electron chi connectivity index (χ0n) is 13.4. The highest BCUT2D eigenvalue weighted by molar-refractivity contribution is 5.98. The molecule has 26 heavy (non-hydrogen) atoms. The number of benzene rings is 2. The van der Waals surface area contributed by atoms with Crippen LogP contribution >= 0.6 is 0 Å². The minimum absolute atomic E-state index is 0.0261. The summed E-state index contributed by atoms with van der Waals surface area (Å²) in [6.45, 7) is -0.340. The summed E-state index contributed by atoms with van der Waals surface area (Å²) in [5.41, 5.74) is 1.12. The number of ether oxygens (including phenoxy) is 2. The van der Waals surface area contributed by atoms with Crippen LogP contribution in [0.2, 0.25) is 0 Å². The standard InChI is InChI=1S/C17H12F4N2O3/c1-25-14-7-10(18)3-5-12(14)11-4-2-9(6-13(11)17(19,20)21)16-23-22-15(24)8-26-16/h2-7H,8H2,1H3,(H,22,24). The Morgan fingerprint density at radius 2 is 1.88 bits per heavy atom. The second kappa shape index (κ2) is 6.66. The number of nitrogens with zero attached hydrogens (tertiary/aromatic N) is 1. The van der Waals surface area contributed by atoms with E-state index in [1.54, 1.807) is 0 Å². The molecular formula is C17H12F4N2O3. The molecule has 0 saturated carbocycles. The van der Waals surface area contributed by atoms with Crippen LogP contribution in [0.3, 0.4) is 0 Å². The molecule has 0 radical (unpaired) electrons. The molecule has 2 aromatic carbocycles. The Hall–Kier alpha value is -3.10. The van der Waals surface area contributed by atoms with Gasteiger partial charge in [-0.2, -0.15) is 13.2 Å². The van der Waals surface area contributed by atoms with Gasteiger partial charge >= 0.3 is 6.18 Å². The van der Waals surface area contributed by atoms with Gasteiger partial charge < -0.3 is 9.47 Å². The first-order valence-electron chi connectivity index (χ1n) is 7.34. The van der Waals surface area contributed by atoms with Crippen molar-refractivity contribution in [3.63, 3.8) is 0 Å². The summed E-state index contributed by atoms with van der Waals surface area (Å²) in [5, 5.41) is 3.60. The molecule has 3 rings (SSSR count). The summed E-state index contributed by atoms with van der Waals surface area (Å²) in [6.07, 6.45) is -4.69. The lowest BCUT2D eigenvalue weighted by molar-refractivity contribution is -0.137. The molecule has 0 bridgehead atoms. The fourth-order valence-electron chi connectivity index (χ4n) is 2.49. The van der Waals surface area contributed by atoms with Crippen LogP contribution in [0, 0.1) is 5.82 Å². The lowest BCUT2D eigenvalue weighted by Crippen LogP contribution is -2.32. The van der Waals surface area contributed by atoms with Crippen molar-refractivity contribution in [2.45, 2.75) is 6.18 Å². The minimum Gasteiger partial charge on any atom is -0.496 e. The maximum Gasteiger partial charge on any atom is 0.417 e. The van der Waals surface area contributed by atoms with Crippen molar-refractivity contribution in [2.24, 2.45) is 5.10 Å². The molecule has 136 valence electrons. The highest BCUT2D eigenvalue weighted by Gasteiger charge is 2.35. The molecule has 5 nitrogen and oxygen atoms in total. The monoisotopic (exact) mass is 368 g/mol. The van der Waals surface area contributed by atoms with Crippen LogP contribution in [0.1, 0.15) is 11.1 Å². The van der Waals surface area contributed by atoms with Gasteiger partial charge in [-0.05, 0) is 29.8 Å². The van der Waals surface area contributed by atoms with Crippen molar-refractivity contribution in [3.05, 3.63) is 53.3 Å². The van der Waals surface area contributed by atoms with Gasteiger partial charge in [0.1, 0.15) is 11.6 Å². The van der Waals surface area contributed by atoms with E-state index in [0.717, 1.165) is 18.2 Å². The van der Waals surface area contributed by atoms with E-state index in [0.29, 0.717) is 0 Å². The zero-order chi connectivity index (χ0) is 18.9. The zero-order valence-corrected chi connectivity index (χ0v) is 13.4. The second-order valence-corrected chi connectivity index (χ2v) is 5.34. The highest BCUT2D eigenvalue weighted by atomic mass is 19.4. The molecule has 0 aromatic heterocycles. The number of nitrogens with one attached hydrogen (secondary N) is 1. The molecule has 1 amide bonds. The second-order valence-electron chi connectivity index (χ2n) is 5.34. The van der Waals surface area contributed by atoms with Crippen LogP contribution in [0.4, 0.5) is 17.6 Å². The Labute approximate surface area is 145 Å². The number of halogens is 4. The van der Waals surface area contributed by atoms with E-state index in [-0.39, 0.29) is 34.9 Å². The minimum atomic E-state index is -4.69. The quantitative estimate of drug-likeness (QED) is 0.846. The summed E-state index contributed by atoms with van der Waals surface area (Å²) >= 11 is 0. The van der Waals surface area contributed by atoms with Gasteiger partial charge in [-0.25, -0.2) is 9.82 Å². The highest BCUT2D eigenvalue weighted by Crippen LogP contribution is 2.41. The largest absolute Gasteiger partial charge is 0.496 e. The SMILES string of the molecule is COc1cc(F)ccc1-c1ccc(C2=NNC(=O)CO2)cc1C(F)(F)F. The van der Waals surface area contributed by atoms with Gasteiger partial charge in [-0.3, -0.25) is 4.79 Å². The maximum absolute atomic E-state index is 13.6. The molecule has 1 N–H and O–H groups in total. The number of hydrogen-bond acceptors (Lipinski definition) is 4. The fraction of sp³-hybridized carbons (Fsp3) is 0.176. The van der Waals surface area contributed by atoms with Crippen molar-refractivity contribution in [3.8, 4) is 16.9 Å². The van der Waals surface area contributed by atoms with E-state index in [1.165, 1.54) is 25.3 Å². The Morgan fingerprint density at radius 3 is 2.50 bits per heavy atom. The first-order valence-corrected chi connectivity index (χ1v) is 7.34. The summed E-state index contributed by atoms with van der Waals surface area (Å²) in [4.78, 5) is 11.0. The average molecular weight is 368 g/mol. The van der Waals surface area contributed by atoms with E-state index in [1.807, 2.05) is 0 Å². The number of methoxy groups -OCH3 is 1. The molecule has 0 saturated heterocycles. The van der Waals surface area contributed by atoms with E-state index >= 15 is 0 Å². The third-order valence-electron chi connectivity index (χ3n) is 3.65.